The molecule has 1 fully saturated rings. The maximum absolute atomic E-state index is 12.0. The summed E-state index contributed by atoms with van der Waals surface area (Å²) >= 11 is 0. The van der Waals surface area contributed by atoms with Gasteiger partial charge in [0, 0.05) is 19.8 Å². The largest absolute Gasteiger partial charge is 0.324 e. The van der Waals surface area contributed by atoms with E-state index in [-0.39, 0.29) is 10.8 Å². The van der Waals surface area contributed by atoms with Gasteiger partial charge in [-0.1, -0.05) is 6.07 Å². The highest BCUT2D eigenvalue weighted by Crippen LogP contribution is 2.33. The van der Waals surface area contributed by atoms with Crippen molar-refractivity contribution in [2.24, 2.45) is 5.73 Å². The SMILES string of the molecule is CN(C)S(=O)(=O)c1cccc(NC(=O)C2(N)CC2)c1. The molecule has 6 nitrogen and oxygen atoms in total. The van der Waals surface area contributed by atoms with Crippen molar-refractivity contribution in [3.05, 3.63) is 24.3 Å². The first kappa shape index (κ1) is 14.0. The monoisotopic (exact) mass is 283 g/mol. The molecule has 1 amide bonds. The highest BCUT2D eigenvalue weighted by molar-refractivity contribution is 7.89. The minimum atomic E-state index is -3.50. The van der Waals surface area contributed by atoms with Crippen molar-refractivity contribution in [2.75, 3.05) is 19.4 Å². The Kier molecular flexibility index (Phi) is 3.38. The Morgan fingerprint density at radius 1 is 1.37 bits per heavy atom. The van der Waals surface area contributed by atoms with Gasteiger partial charge in [0.25, 0.3) is 0 Å². The average Bonchev–Trinajstić information content (AvgIpc) is 3.09. The standard InChI is InChI=1S/C12H17N3O3S/c1-15(2)19(17,18)10-5-3-4-9(8-10)14-11(16)12(13)6-7-12/h3-5,8H,6-7,13H2,1-2H3,(H,14,16). The quantitative estimate of drug-likeness (QED) is 0.835. The van der Waals surface area contributed by atoms with Crippen molar-refractivity contribution in [1.82, 2.24) is 4.31 Å². The molecule has 1 aromatic carbocycles. The molecule has 2 rings (SSSR count). The molecule has 0 radical (unpaired) electrons. The maximum Gasteiger partial charge on any atom is 0.244 e. The van der Waals surface area contributed by atoms with Crippen LogP contribution >= 0.6 is 0 Å². The van der Waals surface area contributed by atoms with E-state index in [0.29, 0.717) is 18.5 Å². The fourth-order valence-corrected chi connectivity index (χ4v) is 2.51. The molecular formula is C12H17N3O3S. The van der Waals surface area contributed by atoms with Gasteiger partial charge < -0.3 is 11.1 Å². The maximum atomic E-state index is 12.0. The van der Waals surface area contributed by atoms with Crippen LogP contribution < -0.4 is 11.1 Å². The highest BCUT2D eigenvalue weighted by atomic mass is 32.2. The first-order chi connectivity index (χ1) is 8.75. The molecular weight excluding hydrogens is 266 g/mol. The summed E-state index contributed by atoms with van der Waals surface area (Å²) in [6.07, 6.45) is 1.32. The van der Waals surface area contributed by atoms with Gasteiger partial charge in [-0.3, -0.25) is 4.79 Å². The molecule has 0 atom stereocenters. The third kappa shape index (κ3) is 2.78. The minimum Gasteiger partial charge on any atom is -0.324 e. The van der Waals surface area contributed by atoms with Crippen LogP contribution in [0.2, 0.25) is 0 Å². The first-order valence-corrected chi connectivity index (χ1v) is 7.33. The van der Waals surface area contributed by atoms with Gasteiger partial charge in [-0.25, -0.2) is 12.7 Å². The van der Waals surface area contributed by atoms with Crippen LogP contribution in [0, 0.1) is 0 Å². The second-order valence-electron chi connectivity index (χ2n) is 4.93. The lowest BCUT2D eigenvalue weighted by molar-refractivity contribution is -0.118. The van der Waals surface area contributed by atoms with Gasteiger partial charge in [0.2, 0.25) is 15.9 Å². The second-order valence-corrected chi connectivity index (χ2v) is 7.08. The number of amides is 1. The van der Waals surface area contributed by atoms with Crippen molar-refractivity contribution in [1.29, 1.82) is 0 Å². The summed E-state index contributed by atoms with van der Waals surface area (Å²) in [5, 5.41) is 2.65. The predicted molar refractivity (Wildman–Crippen MR) is 72.1 cm³/mol. The van der Waals surface area contributed by atoms with Gasteiger partial charge in [0.05, 0.1) is 10.4 Å². The molecule has 1 aromatic rings. The summed E-state index contributed by atoms with van der Waals surface area (Å²) in [5.74, 6) is -0.271. The fourth-order valence-electron chi connectivity index (χ4n) is 1.56. The van der Waals surface area contributed by atoms with Gasteiger partial charge >= 0.3 is 0 Å². The highest BCUT2D eigenvalue weighted by Gasteiger charge is 2.45. The molecule has 0 saturated heterocycles. The molecule has 1 saturated carbocycles. The number of carbonyl (C=O) groups is 1. The number of carbonyl (C=O) groups excluding carboxylic acids is 1. The number of nitrogens with zero attached hydrogens (tertiary/aromatic N) is 1. The predicted octanol–water partition coefficient (Wildman–Crippen LogP) is 0.367. The third-order valence-electron chi connectivity index (χ3n) is 3.11. The number of hydrogen-bond acceptors (Lipinski definition) is 4. The van der Waals surface area contributed by atoms with Crippen LogP contribution in [0.4, 0.5) is 5.69 Å². The van der Waals surface area contributed by atoms with Crippen LogP contribution in [0.15, 0.2) is 29.2 Å². The number of hydrogen-bond donors (Lipinski definition) is 2. The summed E-state index contributed by atoms with van der Waals surface area (Å²) < 4.78 is 25.1. The van der Waals surface area contributed by atoms with E-state index in [9.17, 15) is 13.2 Å². The number of nitrogens with two attached hydrogens (primary N) is 1. The van der Waals surface area contributed by atoms with Gasteiger partial charge in [-0.15, -0.1) is 0 Å². The van der Waals surface area contributed by atoms with E-state index in [1.165, 1.54) is 26.2 Å². The van der Waals surface area contributed by atoms with Crippen molar-refractivity contribution in [3.8, 4) is 0 Å². The van der Waals surface area contributed by atoms with E-state index in [1.807, 2.05) is 0 Å². The number of nitrogens with one attached hydrogen (secondary N) is 1. The first-order valence-electron chi connectivity index (χ1n) is 5.89. The molecule has 1 aliphatic carbocycles. The van der Waals surface area contributed by atoms with E-state index in [0.717, 1.165) is 4.31 Å². The van der Waals surface area contributed by atoms with Crippen LogP contribution in [0.1, 0.15) is 12.8 Å². The lowest BCUT2D eigenvalue weighted by Gasteiger charge is -2.14. The van der Waals surface area contributed by atoms with Gasteiger partial charge in [-0.05, 0) is 31.0 Å². The van der Waals surface area contributed by atoms with Gasteiger partial charge in [0.15, 0.2) is 0 Å². The van der Waals surface area contributed by atoms with Crippen molar-refractivity contribution < 1.29 is 13.2 Å². The Morgan fingerprint density at radius 2 is 2.00 bits per heavy atom. The Bertz CT molecular complexity index is 606. The smallest absolute Gasteiger partial charge is 0.244 e. The Hall–Kier alpha value is -1.44. The number of rotatable bonds is 4. The van der Waals surface area contributed by atoms with E-state index in [1.54, 1.807) is 12.1 Å². The van der Waals surface area contributed by atoms with Gasteiger partial charge in [-0.2, -0.15) is 0 Å². The molecule has 1 aliphatic rings. The number of anilines is 1. The molecule has 104 valence electrons. The van der Waals surface area contributed by atoms with E-state index >= 15 is 0 Å². The Labute approximate surface area is 112 Å². The zero-order valence-corrected chi connectivity index (χ0v) is 11.7. The molecule has 3 N–H and O–H groups in total. The molecule has 19 heavy (non-hydrogen) atoms. The lowest BCUT2D eigenvalue weighted by atomic mass is 10.2. The van der Waals surface area contributed by atoms with Crippen LogP contribution in [-0.4, -0.2) is 38.3 Å². The zero-order valence-electron chi connectivity index (χ0n) is 10.9. The summed E-state index contributed by atoms with van der Waals surface area (Å²) in [7, 11) is -0.588. The summed E-state index contributed by atoms with van der Waals surface area (Å²) in [6, 6.07) is 6.14. The normalized spacial score (nSPS) is 17.3. The zero-order chi connectivity index (χ0) is 14.3. The molecule has 0 bridgehead atoms. The topological polar surface area (TPSA) is 92.5 Å². The minimum absolute atomic E-state index is 0.136. The second kappa shape index (κ2) is 4.59. The van der Waals surface area contributed by atoms with E-state index in [2.05, 4.69) is 5.32 Å². The van der Waals surface area contributed by atoms with Crippen LogP contribution in [-0.2, 0) is 14.8 Å². The molecule has 0 spiro atoms. The molecule has 0 aliphatic heterocycles. The van der Waals surface area contributed by atoms with E-state index < -0.39 is 15.6 Å². The third-order valence-corrected chi connectivity index (χ3v) is 4.92. The Morgan fingerprint density at radius 3 is 2.53 bits per heavy atom. The van der Waals surface area contributed by atoms with Crippen molar-refractivity contribution in [2.45, 2.75) is 23.3 Å². The van der Waals surface area contributed by atoms with Crippen molar-refractivity contribution in [3.63, 3.8) is 0 Å². The lowest BCUT2D eigenvalue weighted by Crippen LogP contribution is -2.37. The molecule has 7 heteroatoms. The van der Waals surface area contributed by atoms with Crippen LogP contribution in [0.3, 0.4) is 0 Å². The summed E-state index contributed by atoms with van der Waals surface area (Å²) in [4.78, 5) is 11.9. The van der Waals surface area contributed by atoms with Gasteiger partial charge in [0.1, 0.15) is 0 Å². The molecule has 0 aromatic heterocycles. The van der Waals surface area contributed by atoms with Crippen LogP contribution in [0.25, 0.3) is 0 Å². The fraction of sp³-hybridized carbons (Fsp3) is 0.417. The summed E-state index contributed by atoms with van der Waals surface area (Å²) in [5.41, 5.74) is 5.43. The van der Waals surface area contributed by atoms with Crippen molar-refractivity contribution >= 4 is 21.6 Å². The average molecular weight is 283 g/mol. The molecule has 0 heterocycles. The Balaban J connectivity index is 2.23. The number of sulfonamides is 1. The van der Waals surface area contributed by atoms with E-state index in [4.69, 9.17) is 5.73 Å². The summed E-state index contributed by atoms with van der Waals surface area (Å²) in [6.45, 7) is 0. The molecule has 0 unspecified atom stereocenters. The van der Waals surface area contributed by atoms with Crippen LogP contribution in [0.5, 0.6) is 0 Å². The number of benzene rings is 1.